The smallest absolute Gasteiger partial charge is 0.127 e. The second-order valence-electron chi connectivity index (χ2n) is 4.66. The van der Waals surface area contributed by atoms with Gasteiger partial charge in [0, 0.05) is 9.50 Å². The van der Waals surface area contributed by atoms with Gasteiger partial charge in [0.15, 0.2) is 0 Å². The molecule has 0 spiro atoms. The topological polar surface area (TPSA) is 38.0 Å². The van der Waals surface area contributed by atoms with E-state index in [2.05, 4.69) is 21.4 Å². The van der Waals surface area contributed by atoms with Crippen molar-refractivity contribution in [3.8, 4) is 0 Å². The predicted molar refractivity (Wildman–Crippen MR) is 84.1 cm³/mol. The maximum absolute atomic E-state index is 13.9. The Labute approximate surface area is 131 Å². The molecule has 0 bridgehead atoms. The van der Waals surface area contributed by atoms with Crippen molar-refractivity contribution < 1.29 is 4.39 Å². The molecule has 0 aromatic heterocycles. The monoisotopic (exact) mass is 356 g/mol. The molecule has 2 aromatic rings. The molecule has 0 aliphatic rings. The first-order chi connectivity index (χ1) is 9.51. The molecule has 0 fully saturated rings. The van der Waals surface area contributed by atoms with Crippen molar-refractivity contribution >= 4 is 27.5 Å². The highest BCUT2D eigenvalue weighted by atomic mass is 79.9. The zero-order chi connectivity index (χ0) is 14.7. The average Bonchev–Trinajstić information content (AvgIpc) is 2.39. The number of hydrazine groups is 1. The summed E-state index contributed by atoms with van der Waals surface area (Å²) in [4.78, 5) is 0. The normalized spacial score (nSPS) is 12.4. The van der Waals surface area contributed by atoms with Crippen molar-refractivity contribution in [3.63, 3.8) is 0 Å². The van der Waals surface area contributed by atoms with Crippen LogP contribution in [-0.4, -0.2) is 0 Å². The van der Waals surface area contributed by atoms with Crippen LogP contribution in [0.5, 0.6) is 0 Å². The highest BCUT2D eigenvalue weighted by Gasteiger charge is 2.15. The van der Waals surface area contributed by atoms with Crippen LogP contribution in [0.2, 0.25) is 5.02 Å². The van der Waals surface area contributed by atoms with Crippen molar-refractivity contribution in [3.05, 3.63) is 68.4 Å². The second kappa shape index (κ2) is 6.68. The van der Waals surface area contributed by atoms with Crippen LogP contribution in [0.1, 0.15) is 22.7 Å². The third kappa shape index (κ3) is 3.58. The molecular formula is C15H15BrClFN2. The van der Waals surface area contributed by atoms with Gasteiger partial charge in [-0.2, -0.15) is 0 Å². The molecule has 3 N–H and O–H groups in total. The lowest BCUT2D eigenvalue weighted by Crippen LogP contribution is -2.30. The SMILES string of the molecule is Cc1cc(Br)ccc1C(Cc1ccc(Cl)cc1F)NN. The Hall–Kier alpha value is -0.940. The van der Waals surface area contributed by atoms with E-state index in [4.69, 9.17) is 17.4 Å². The summed E-state index contributed by atoms with van der Waals surface area (Å²) in [5, 5.41) is 0.392. The standard InChI is InChI=1S/C15H15BrClFN2/c1-9-6-11(16)3-5-13(9)15(20-19)7-10-2-4-12(17)8-14(10)18/h2-6,8,15,20H,7,19H2,1H3. The number of aryl methyl sites for hydroxylation is 1. The highest BCUT2D eigenvalue weighted by molar-refractivity contribution is 9.10. The van der Waals surface area contributed by atoms with Gasteiger partial charge in [0.05, 0.1) is 6.04 Å². The van der Waals surface area contributed by atoms with Crippen LogP contribution in [0.3, 0.4) is 0 Å². The van der Waals surface area contributed by atoms with Gasteiger partial charge in [0.1, 0.15) is 5.82 Å². The van der Waals surface area contributed by atoms with Crippen molar-refractivity contribution in [2.45, 2.75) is 19.4 Å². The number of hydrogen-bond acceptors (Lipinski definition) is 2. The fourth-order valence-corrected chi connectivity index (χ4v) is 2.83. The molecule has 1 atom stereocenters. The number of nitrogens with two attached hydrogens (primary N) is 1. The molecule has 2 aromatic carbocycles. The van der Waals surface area contributed by atoms with E-state index in [1.807, 2.05) is 25.1 Å². The molecule has 1 unspecified atom stereocenters. The Morgan fingerprint density at radius 3 is 2.65 bits per heavy atom. The van der Waals surface area contributed by atoms with E-state index in [9.17, 15) is 4.39 Å². The van der Waals surface area contributed by atoms with Crippen LogP contribution in [0, 0.1) is 12.7 Å². The van der Waals surface area contributed by atoms with Gasteiger partial charge < -0.3 is 0 Å². The summed E-state index contributed by atoms with van der Waals surface area (Å²) in [6.07, 6.45) is 0.460. The van der Waals surface area contributed by atoms with E-state index in [1.54, 1.807) is 12.1 Å². The lowest BCUT2D eigenvalue weighted by atomic mass is 9.95. The molecule has 0 amide bonds. The van der Waals surface area contributed by atoms with E-state index in [-0.39, 0.29) is 11.9 Å². The van der Waals surface area contributed by atoms with E-state index in [0.29, 0.717) is 17.0 Å². The Balaban J connectivity index is 2.28. The predicted octanol–water partition coefficient (Wildman–Crippen LogP) is 4.30. The number of halogens is 3. The fourth-order valence-electron chi connectivity index (χ4n) is 2.20. The van der Waals surface area contributed by atoms with Gasteiger partial charge in [-0.3, -0.25) is 11.3 Å². The molecule has 0 heterocycles. The minimum atomic E-state index is -0.312. The van der Waals surface area contributed by atoms with E-state index in [1.165, 1.54) is 6.07 Å². The summed E-state index contributed by atoms with van der Waals surface area (Å²) >= 11 is 9.19. The maximum Gasteiger partial charge on any atom is 0.127 e. The van der Waals surface area contributed by atoms with Gasteiger partial charge in [-0.15, -0.1) is 0 Å². The summed E-state index contributed by atoms with van der Waals surface area (Å²) in [5.74, 6) is 5.32. The molecule has 20 heavy (non-hydrogen) atoms. The molecule has 2 nitrogen and oxygen atoms in total. The van der Waals surface area contributed by atoms with Crippen LogP contribution in [0.15, 0.2) is 40.9 Å². The minimum Gasteiger partial charge on any atom is -0.271 e. The van der Waals surface area contributed by atoms with Crippen LogP contribution in [0.25, 0.3) is 0 Å². The number of rotatable bonds is 4. The molecule has 5 heteroatoms. The van der Waals surface area contributed by atoms with Crippen molar-refractivity contribution in [2.24, 2.45) is 5.84 Å². The van der Waals surface area contributed by atoms with Crippen molar-refractivity contribution in [1.29, 1.82) is 0 Å². The van der Waals surface area contributed by atoms with Crippen LogP contribution >= 0.6 is 27.5 Å². The maximum atomic E-state index is 13.9. The van der Waals surface area contributed by atoms with Crippen LogP contribution in [0.4, 0.5) is 4.39 Å². The summed E-state index contributed by atoms with van der Waals surface area (Å²) < 4.78 is 14.9. The van der Waals surface area contributed by atoms with E-state index >= 15 is 0 Å². The van der Waals surface area contributed by atoms with Crippen LogP contribution in [-0.2, 0) is 6.42 Å². The molecular weight excluding hydrogens is 343 g/mol. The van der Waals surface area contributed by atoms with Gasteiger partial charge in [0.2, 0.25) is 0 Å². The third-order valence-electron chi connectivity index (χ3n) is 3.25. The second-order valence-corrected chi connectivity index (χ2v) is 6.01. The minimum absolute atomic E-state index is 0.154. The zero-order valence-corrected chi connectivity index (χ0v) is 13.3. The first kappa shape index (κ1) is 15.4. The highest BCUT2D eigenvalue weighted by Crippen LogP contribution is 2.25. The molecule has 106 valence electrons. The van der Waals surface area contributed by atoms with Gasteiger partial charge in [0.25, 0.3) is 0 Å². The molecule has 0 saturated heterocycles. The summed E-state index contributed by atoms with van der Waals surface area (Å²) in [6, 6.07) is 10.5. The van der Waals surface area contributed by atoms with Gasteiger partial charge in [-0.25, -0.2) is 4.39 Å². The molecule has 0 aliphatic carbocycles. The zero-order valence-electron chi connectivity index (χ0n) is 11.0. The first-order valence-corrected chi connectivity index (χ1v) is 7.34. The quantitative estimate of drug-likeness (QED) is 0.632. The molecule has 0 aliphatic heterocycles. The lowest BCUT2D eigenvalue weighted by Gasteiger charge is -2.19. The summed E-state index contributed by atoms with van der Waals surface area (Å²) in [6.45, 7) is 2.00. The van der Waals surface area contributed by atoms with E-state index < -0.39 is 0 Å². The third-order valence-corrected chi connectivity index (χ3v) is 3.98. The first-order valence-electron chi connectivity index (χ1n) is 6.17. The summed E-state index contributed by atoms with van der Waals surface area (Å²) in [5.41, 5.74) is 5.48. The average molecular weight is 358 g/mol. The Bertz CT molecular complexity index is 619. The lowest BCUT2D eigenvalue weighted by molar-refractivity contribution is 0.527. The summed E-state index contributed by atoms with van der Waals surface area (Å²) in [7, 11) is 0. The Kier molecular flexibility index (Phi) is 5.16. The fraction of sp³-hybridized carbons (Fsp3) is 0.200. The number of nitrogens with one attached hydrogen (secondary N) is 1. The van der Waals surface area contributed by atoms with Crippen molar-refractivity contribution in [2.75, 3.05) is 0 Å². The van der Waals surface area contributed by atoms with E-state index in [0.717, 1.165) is 15.6 Å². The molecule has 0 radical (unpaired) electrons. The molecule has 0 saturated carbocycles. The Morgan fingerprint density at radius 2 is 2.05 bits per heavy atom. The van der Waals surface area contributed by atoms with Crippen LogP contribution < -0.4 is 11.3 Å². The van der Waals surface area contributed by atoms with Gasteiger partial charge in [-0.05, 0) is 54.3 Å². The van der Waals surface area contributed by atoms with Gasteiger partial charge >= 0.3 is 0 Å². The van der Waals surface area contributed by atoms with Crippen molar-refractivity contribution in [1.82, 2.24) is 5.43 Å². The molecule has 2 rings (SSSR count). The largest absolute Gasteiger partial charge is 0.271 e. The number of benzene rings is 2. The van der Waals surface area contributed by atoms with Gasteiger partial charge in [-0.1, -0.05) is 39.7 Å². The Morgan fingerprint density at radius 1 is 1.30 bits per heavy atom. The number of hydrogen-bond donors (Lipinski definition) is 2.